The maximum atomic E-state index is 5.34. The van der Waals surface area contributed by atoms with Crippen LogP contribution >= 0.6 is 0 Å². The maximum Gasteiger partial charge on any atom is 0.0328 e. The highest BCUT2D eigenvalue weighted by molar-refractivity contribution is 5.11. The molecular weight excluding hydrogens is 100 g/mol. The lowest BCUT2D eigenvalue weighted by Crippen LogP contribution is -2.16. The number of hydrogen-bond acceptors (Lipinski definition) is 2. The predicted molar refractivity (Wildman–Crippen MR) is 34.0 cm³/mol. The third kappa shape index (κ3) is 1.10. The molecule has 1 heterocycles. The molecule has 2 nitrogen and oxygen atoms in total. The van der Waals surface area contributed by atoms with Crippen molar-refractivity contribution in [2.75, 3.05) is 6.54 Å². The van der Waals surface area contributed by atoms with Gasteiger partial charge in [-0.25, -0.2) is 0 Å². The van der Waals surface area contributed by atoms with Crippen molar-refractivity contribution in [1.29, 1.82) is 0 Å². The van der Waals surface area contributed by atoms with Gasteiger partial charge in [-0.05, 0) is 12.6 Å². The Labute approximate surface area is 49.1 Å². The Morgan fingerprint density at radius 1 is 1.75 bits per heavy atom. The van der Waals surface area contributed by atoms with E-state index in [0.717, 1.165) is 12.1 Å². The lowest BCUT2D eigenvalue weighted by molar-refractivity contribution is 0.934. The monoisotopic (exact) mass is 110 g/mol. The van der Waals surface area contributed by atoms with Crippen molar-refractivity contribution in [2.24, 2.45) is 5.73 Å². The van der Waals surface area contributed by atoms with Gasteiger partial charge in [0.25, 0.3) is 0 Å². The Morgan fingerprint density at radius 3 is 3.00 bits per heavy atom. The third-order valence-corrected chi connectivity index (χ3v) is 1.11. The van der Waals surface area contributed by atoms with Crippen molar-refractivity contribution in [3.8, 4) is 0 Å². The highest BCUT2D eigenvalue weighted by Crippen LogP contribution is 1.96. The molecule has 0 spiro atoms. The van der Waals surface area contributed by atoms with Crippen molar-refractivity contribution in [1.82, 2.24) is 5.32 Å². The first-order chi connectivity index (χ1) is 3.93. The van der Waals surface area contributed by atoms with Crippen LogP contribution in [0.25, 0.3) is 0 Å². The third-order valence-electron chi connectivity index (χ3n) is 1.11. The molecule has 1 rings (SSSR count). The van der Waals surface area contributed by atoms with Crippen molar-refractivity contribution in [3.05, 3.63) is 24.0 Å². The van der Waals surface area contributed by atoms with Crippen LogP contribution in [0.3, 0.4) is 0 Å². The quantitative estimate of drug-likeness (QED) is 0.510. The van der Waals surface area contributed by atoms with Gasteiger partial charge in [-0.3, -0.25) is 0 Å². The van der Waals surface area contributed by atoms with Gasteiger partial charge < -0.3 is 11.1 Å². The second-order valence-corrected chi connectivity index (χ2v) is 1.72. The molecular formula is C6H10N2. The fraction of sp³-hybridized carbons (Fsp3) is 0.333. The summed E-state index contributed by atoms with van der Waals surface area (Å²) in [5, 5.41) is 3.02. The number of dihydropyridines is 1. The van der Waals surface area contributed by atoms with Crippen LogP contribution in [0.15, 0.2) is 24.0 Å². The SMILES string of the molecule is NCC1=CCC=CN1. The van der Waals surface area contributed by atoms with E-state index in [1.165, 1.54) is 0 Å². The van der Waals surface area contributed by atoms with E-state index < -0.39 is 0 Å². The van der Waals surface area contributed by atoms with E-state index in [-0.39, 0.29) is 0 Å². The van der Waals surface area contributed by atoms with Gasteiger partial charge in [-0.1, -0.05) is 12.2 Å². The molecule has 3 N–H and O–H groups in total. The zero-order valence-corrected chi connectivity index (χ0v) is 4.72. The van der Waals surface area contributed by atoms with Gasteiger partial charge in [-0.2, -0.15) is 0 Å². The topological polar surface area (TPSA) is 38.0 Å². The Hall–Kier alpha value is -0.760. The molecule has 2 heteroatoms. The molecule has 0 saturated carbocycles. The molecule has 0 aromatic heterocycles. The minimum Gasteiger partial charge on any atom is -0.365 e. The second kappa shape index (κ2) is 2.52. The van der Waals surface area contributed by atoms with Crippen LogP contribution in [-0.2, 0) is 0 Å². The van der Waals surface area contributed by atoms with Gasteiger partial charge in [0.2, 0.25) is 0 Å². The number of rotatable bonds is 1. The normalized spacial score (nSPS) is 17.4. The highest BCUT2D eigenvalue weighted by atomic mass is 14.9. The van der Waals surface area contributed by atoms with Crippen LogP contribution in [0.2, 0.25) is 0 Å². The maximum absolute atomic E-state index is 5.34. The molecule has 1 aliphatic rings. The van der Waals surface area contributed by atoms with E-state index in [2.05, 4.69) is 17.5 Å². The first-order valence-electron chi connectivity index (χ1n) is 2.74. The number of allylic oxidation sites excluding steroid dienone is 2. The van der Waals surface area contributed by atoms with Crippen molar-refractivity contribution in [2.45, 2.75) is 6.42 Å². The molecule has 0 radical (unpaired) electrons. The zero-order valence-electron chi connectivity index (χ0n) is 4.72. The molecule has 0 amide bonds. The molecule has 8 heavy (non-hydrogen) atoms. The summed E-state index contributed by atoms with van der Waals surface area (Å²) >= 11 is 0. The highest BCUT2D eigenvalue weighted by Gasteiger charge is 1.90. The van der Waals surface area contributed by atoms with Gasteiger partial charge in [0.1, 0.15) is 0 Å². The molecule has 0 bridgehead atoms. The van der Waals surface area contributed by atoms with Crippen LogP contribution in [0, 0.1) is 0 Å². The Bertz CT molecular complexity index is 124. The van der Waals surface area contributed by atoms with E-state index in [4.69, 9.17) is 5.73 Å². The minimum absolute atomic E-state index is 0.615. The summed E-state index contributed by atoms with van der Waals surface area (Å²) in [6.07, 6.45) is 7.07. The molecule has 0 fully saturated rings. The minimum atomic E-state index is 0.615. The second-order valence-electron chi connectivity index (χ2n) is 1.72. The lowest BCUT2D eigenvalue weighted by atomic mass is 10.3. The van der Waals surface area contributed by atoms with Crippen molar-refractivity contribution < 1.29 is 0 Å². The van der Waals surface area contributed by atoms with Crippen LogP contribution in [0.4, 0.5) is 0 Å². The van der Waals surface area contributed by atoms with E-state index in [0.29, 0.717) is 6.54 Å². The molecule has 1 aliphatic heterocycles. The number of nitrogens with one attached hydrogen (secondary N) is 1. The number of nitrogens with two attached hydrogens (primary N) is 1. The largest absolute Gasteiger partial charge is 0.365 e. The molecule has 44 valence electrons. The molecule has 0 aliphatic carbocycles. The van der Waals surface area contributed by atoms with E-state index in [1.807, 2.05) is 6.20 Å². The van der Waals surface area contributed by atoms with Gasteiger partial charge in [0.15, 0.2) is 0 Å². The molecule has 0 atom stereocenters. The van der Waals surface area contributed by atoms with Crippen LogP contribution < -0.4 is 11.1 Å². The number of hydrogen-bond donors (Lipinski definition) is 2. The summed E-state index contributed by atoms with van der Waals surface area (Å²) in [5.74, 6) is 0. The average molecular weight is 110 g/mol. The Balaban J connectivity index is 2.43. The smallest absolute Gasteiger partial charge is 0.0328 e. The van der Waals surface area contributed by atoms with Crippen LogP contribution in [0.5, 0.6) is 0 Å². The summed E-state index contributed by atoms with van der Waals surface area (Å²) in [5.41, 5.74) is 6.46. The van der Waals surface area contributed by atoms with Gasteiger partial charge in [-0.15, -0.1) is 0 Å². The first kappa shape index (κ1) is 5.38. The van der Waals surface area contributed by atoms with Crippen molar-refractivity contribution in [3.63, 3.8) is 0 Å². The van der Waals surface area contributed by atoms with Crippen LogP contribution in [-0.4, -0.2) is 6.54 Å². The standard InChI is InChI=1S/C6H10N2/c7-5-6-3-1-2-4-8-6/h2-4,8H,1,5,7H2. The molecule has 0 aromatic rings. The van der Waals surface area contributed by atoms with E-state index in [9.17, 15) is 0 Å². The zero-order chi connectivity index (χ0) is 5.82. The summed E-state index contributed by atoms with van der Waals surface area (Å²) in [6, 6.07) is 0. The average Bonchev–Trinajstić information content (AvgIpc) is 1.90. The summed E-state index contributed by atoms with van der Waals surface area (Å²) in [7, 11) is 0. The predicted octanol–water partition coefficient (Wildman–Crippen LogP) is 0.336. The van der Waals surface area contributed by atoms with Gasteiger partial charge >= 0.3 is 0 Å². The summed E-state index contributed by atoms with van der Waals surface area (Å²) < 4.78 is 0. The van der Waals surface area contributed by atoms with Gasteiger partial charge in [0, 0.05) is 12.2 Å². The van der Waals surface area contributed by atoms with Crippen LogP contribution in [0.1, 0.15) is 6.42 Å². The van der Waals surface area contributed by atoms with Gasteiger partial charge in [0.05, 0.1) is 0 Å². The molecule has 0 unspecified atom stereocenters. The first-order valence-corrected chi connectivity index (χ1v) is 2.74. The summed E-state index contributed by atoms with van der Waals surface area (Å²) in [4.78, 5) is 0. The van der Waals surface area contributed by atoms with Crippen molar-refractivity contribution >= 4 is 0 Å². The lowest BCUT2D eigenvalue weighted by Gasteiger charge is -2.06. The fourth-order valence-corrected chi connectivity index (χ4v) is 0.645. The molecule has 0 saturated heterocycles. The van der Waals surface area contributed by atoms with E-state index >= 15 is 0 Å². The van der Waals surface area contributed by atoms with E-state index in [1.54, 1.807) is 0 Å². The molecule has 0 aromatic carbocycles. The summed E-state index contributed by atoms with van der Waals surface area (Å²) in [6.45, 7) is 0.615. The fourth-order valence-electron chi connectivity index (χ4n) is 0.645. The Morgan fingerprint density at radius 2 is 2.62 bits per heavy atom. The Kier molecular flexibility index (Phi) is 1.70.